The molecular formula is C35H63NO8P+. The number of hydrogen-bond acceptors (Lipinski definition) is 7. The summed E-state index contributed by atoms with van der Waals surface area (Å²) in [6, 6.07) is 0. The summed E-state index contributed by atoms with van der Waals surface area (Å²) >= 11 is 0. The second-order valence-corrected chi connectivity index (χ2v) is 13.6. The van der Waals surface area contributed by atoms with E-state index in [9.17, 15) is 19.0 Å². The minimum Gasteiger partial charge on any atom is -0.462 e. The van der Waals surface area contributed by atoms with Crippen LogP contribution in [0.15, 0.2) is 48.6 Å². The molecule has 0 heterocycles. The lowest BCUT2D eigenvalue weighted by Gasteiger charge is -2.24. The zero-order valence-electron chi connectivity index (χ0n) is 28.8. The first kappa shape index (κ1) is 43.0. The normalized spacial score (nSPS) is 14.5. The second kappa shape index (κ2) is 28.2. The number of ether oxygens (including phenoxy) is 2. The highest BCUT2D eigenvalue weighted by Gasteiger charge is 2.27. The minimum atomic E-state index is -4.37. The Bertz CT molecular complexity index is 923. The predicted molar refractivity (Wildman–Crippen MR) is 183 cm³/mol. The fraction of sp³-hybridized carbons (Fsp3) is 0.714. The minimum absolute atomic E-state index is 0.0221. The molecule has 0 aromatic carbocycles. The summed E-state index contributed by atoms with van der Waals surface area (Å²) in [4.78, 5) is 34.8. The van der Waals surface area contributed by atoms with Gasteiger partial charge in [0.05, 0.1) is 27.7 Å². The monoisotopic (exact) mass is 656 g/mol. The molecule has 9 nitrogen and oxygen atoms in total. The van der Waals surface area contributed by atoms with Gasteiger partial charge in [0.1, 0.15) is 19.8 Å². The van der Waals surface area contributed by atoms with Gasteiger partial charge < -0.3 is 18.9 Å². The smallest absolute Gasteiger partial charge is 0.462 e. The van der Waals surface area contributed by atoms with Crippen molar-refractivity contribution in [3.8, 4) is 0 Å². The van der Waals surface area contributed by atoms with Gasteiger partial charge in [-0.1, -0.05) is 94.6 Å². The number of carbonyl (C=O) groups excluding carboxylic acids is 2. The van der Waals surface area contributed by atoms with E-state index < -0.39 is 32.5 Å². The van der Waals surface area contributed by atoms with Gasteiger partial charge in [0.25, 0.3) is 0 Å². The first-order valence-electron chi connectivity index (χ1n) is 16.9. The van der Waals surface area contributed by atoms with E-state index in [2.05, 4.69) is 62.5 Å². The third kappa shape index (κ3) is 31.7. The van der Waals surface area contributed by atoms with Crippen molar-refractivity contribution in [2.24, 2.45) is 0 Å². The van der Waals surface area contributed by atoms with E-state index in [4.69, 9.17) is 18.5 Å². The number of esters is 2. The first-order valence-corrected chi connectivity index (χ1v) is 18.4. The number of rotatable bonds is 29. The van der Waals surface area contributed by atoms with Crippen LogP contribution in [0, 0.1) is 0 Å². The highest BCUT2D eigenvalue weighted by atomic mass is 31.2. The van der Waals surface area contributed by atoms with E-state index in [1.54, 1.807) is 0 Å². The van der Waals surface area contributed by atoms with E-state index in [-0.39, 0.29) is 26.1 Å². The molecule has 0 bridgehead atoms. The Hall–Kier alpha value is -2.03. The number of hydrogen-bond donors (Lipinski definition) is 1. The molecule has 0 aromatic heterocycles. The van der Waals surface area contributed by atoms with Crippen LogP contribution in [0.2, 0.25) is 0 Å². The van der Waals surface area contributed by atoms with Crippen molar-refractivity contribution in [1.82, 2.24) is 0 Å². The molecule has 0 aliphatic heterocycles. The van der Waals surface area contributed by atoms with Crippen LogP contribution < -0.4 is 0 Å². The molecule has 260 valence electrons. The lowest BCUT2D eigenvalue weighted by molar-refractivity contribution is -0.870. The molecule has 0 aliphatic rings. The summed E-state index contributed by atoms with van der Waals surface area (Å²) in [6.45, 7) is 4.14. The number of unbranched alkanes of at least 4 members (excludes halogenated alkanes) is 7. The molecular weight excluding hydrogens is 593 g/mol. The van der Waals surface area contributed by atoms with Gasteiger partial charge in [0.15, 0.2) is 6.10 Å². The maximum atomic E-state index is 12.5. The third-order valence-corrected chi connectivity index (χ3v) is 7.61. The van der Waals surface area contributed by atoms with Crippen molar-refractivity contribution in [2.45, 2.75) is 116 Å². The zero-order chi connectivity index (χ0) is 33.7. The molecule has 0 fully saturated rings. The van der Waals surface area contributed by atoms with Crippen molar-refractivity contribution in [2.75, 3.05) is 47.5 Å². The number of quaternary nitrogens is 1. The zero-order valence-corrected chi connectivity index (χ0v) is 29.7. The molecule has 0 aliphatic carbocycles. The van der Waals surface area contributed by atoms with Crippen LogP contribution >= 0.6 is 7.82 Å². The fourth-order valence-corrected chi connectivity index (χ4v) is 4.68. The summed E-state index contributed by atoms with van der Waals surface area (Å²) in [7, 11) is 1.44. The summed E-state index contributed by atoms with van der Waals surface area (Å²) in [5.41, 5.74) is 0. The van der Waals surface area contributed by atoms with E-state index >= 15 is 0 Å². The van der Waals surface area contributed by atoms with E-state index in [1.165, 1.54) is 6.42 Å². The number of carbonyl (C=O) groups is 2. The molecule has 1 N–H and O–H groups in total. The molecule has 2 atom stereocenters. The number of likely N-dealkylation sites (N-methyl/N-ethyl adjacent to an activating group) is 1. The average molecular weight is 657 g/mol. The lowest BCUT2D eigenvalue weighted by atomic mass is 10.1. The molecule has 0 aromatic rings. The van der Waals surface area contributed by atoms with Crippen LogP contribution in [-0.4, -0.2) is 74.9 Å². The molecule has 0 saturated heterocycles. The average Bonchev–Trinajstić information content (AvgIpc) is 2.97. The first-order chi connectivity index (χ1) is 21.5. The van der Waals surface area contributed by atoms with Crippen molar-refractivity contribution < 1.29 is 42.1 Å². The molecule has 0 rings (SSSR count). The highest BCUT2D eigenvalue weighted by Crippen LogP contribution is 2.43. The van der Waals surface area contributed by atoms with Gasteiger partial charge in [0.2, 0.25) is 0 Å². The van der Waals surface area contributed by atoms with E-state index in [0.29, 0.717) is 17.4 Å². The number of nitrogens with zero attached hydrogens (tertiary/aromatic N) is 1. The molecule has 45 heavy (non-hydrogen) atoms. The summed E-state index contributed by atoms with van der Waals surface area (Å²) < 4.78 is 33.8. The summed E-state index contributed by atoms with van der Waals surface area (Å²) in [6.07, 6.45) is 29.1. The molecule has 0 amide bonds. The number of allylic oxidation sites excluding steroid dienone is 8. The SMILES string of the molecule is CC/C=C\C/C=C\C/C=C\C/C=C\CCCCC(=O)OC(COC(=O)CCCCCCCC)COP(=O)(O)OCC[N+](C)(C)C. The van der Waals surface area contributed by atoms with Crippen LogP contribution in [0.3, 0.4) is 0 Å². The van der Waals surface area contributed by atoms with Crippen LogP contribution in [0.25, 0.3) is 0 Å². The topological polar surface area (TPSA) is 108 Å². The van der Waals surface area contributed by atoms with Gasteiger partial charge >= 0.3 is 19.8 Å². The predicted octanol–water partition coefficient (Wildman–Crippen LogP) is 8.40. The van der Waals surface area contributed by atoms with Crippen LogP contribution in [-0.2, 0) is 32.7 Å². The largest absolute Gasteiger partial charge is 0.472 e. The number of phosphoric acid groups is 1. The molecule has 10 heteroatoms. The maximum Gasteiger partial charge on any atom is 0.472 e. The Morgan fingerprint density at radius 1 is 0.711 bits per heavy atom. The van der Waals surface area contributed by atoms with Gasteiger partial charge in [-0.25, -0.2) is 4.57 Å². The quantitative estimate of drug-likeness (QED) is 0.0281. The van der Waals surface area contributed by atoms with E-state index in [1.807, 2.05) is 21.1 Å². The van der Waals surface area contributed by atoms with Crippen LogP contribution in [0.5, 0.6) is 0 Å². The van der Waals surface area contributed by atoms with E-state index in [0.717, 1.165) is 70.6 Å². The van der Waals surface area contributed by atoms with Gasteiger partial charge in [-0.3, -0.25) is 18.6 Å². The lowest BCUT2D eigenvalue weighted by Crippen LogP contribution is -2.37. The summed E-state index contributed by atoms with van der Waals surface area (Å²) in [5, 5.41) is 0. The van der Waals surface area contributed by atoms with Crippen LogP contribution in [0.1, 0.15) is 110 Å². The Balaban J connectivity index is 4.55. The molecule has 0 saturated carbocycles. The number of phosphoric ester groups is 1. The Kier molecular flexibility index (Phi) is 26.9. The van der Waals surface area contributed by atoms with Crippen molar-refractivity contribution in [3.63, 3.8) is 0 Å². The van der Waals surface area contributed by atoms with Crippen LogP contribution in [0.4, 0.5) is 0 Å². The van der Waals surface area contributed by atoms with Crippen molar-refractivity contribution >= 4 is 19.8 Å². The highest BCUT2D eigenvalue weighted by molar-refractivity contribution is 7.47. The van der Waals surface area contributed by atoms with Gasteiger partial charge in [-0.15, -0.1) is 0 Å². The Labute approximate surface area is 273 Å². The summed E-state index contributed by atoms with van der Waals surface area (Å²) in [5.74, 6) is -0.865. The Morgan fingerprint density at radius 3 is 1.89 bits per heavy atom. The third-order valence-electron chi connectivity index (χ3n) is 6.62. The molecule has 2 unspecified atom stereocenters. The fourth-order valence-electron chi connectivity index (χ4n) is 3.94. The second-order valence-electron chi connectivity index (χ2n) is 12.2. The maximum absolute atomic E-state index is 12.5. The van der Waals surface area contributed by atoms with Gasteiger partial charge in [-0.05, 0) is 51.4 Å². The molecule has 0 spiro atoms. The standard InChI is InChI=1S/C35H62NO8P/c1-6-8-10-12-14-15-16-17-18-19-20-21-22-24-26-28-35(38)44-33(31-41-34(37)27-25-23-13-11-9-7-2)32-43-45(39,40)42-30-29-36(3,4)5/h8,10,14-15,17-18,20-21,33H,6-7,9,11-13,16,19,22-32H2,1-5H3/p+1/b10-8-,15-14-,18-17-,21-20-. The van der Waals surface area contributed by atoms with Crippen molar-refractivity contribution in [3.05, 3.63) is 48.6 Å². The van der Waals surface area contributed by atoms with Gasteiger partial charge in [0, 0.05) is 12.8 Å². The van der Waals surface area contributed by atoms with Crippen molar-refractivity contribution in [1.29, 1.82) is 0 Å². The molecule has 0 radical (unpaired) electrons. The van der Waals surface area contributed by atoms with Gasteiger partial charge in [-0.2, -0.15) is 0 Å². The Morgan fingerprint density at radius 2 is 1.27 bits per heavy atom.